The van der Waals surface area contributed by atoms with Gasteiger partial charge in [-0.2, -0.15) is 5.10 Å². The highest BCUT2D eigenvalue weighted by Gasteiger charge is 2.19. The zero-order valence-electron chi connectivity index (χ0n) is 17.5. The number of nitrogens with two attached hydrogens (primary N) is 1. The Hall–Kier alpha value is -4.28. The molecule has 33 heavy (non-hydrogen) atoms. The van der Waals surface area contributed by atoms with Crippen molar-refractivity contribution < 1.29 is 23.4 Å². The molecule has 0 atom stereocenters. The lowest BCUT2D eigenvalue weighted by Gasteiger charge is -2.09. The molecule has 11 heteroatoms. The highest BCUT2D eigenvalue weighted by atomic mass is 19.1. The van der Waals surface area contributed by atoms with Gasteiger partial charge in [-0.1, -0.05) is 18.2 Å². The Morgan fingerprint density at radius 1 is 1.24 bits per heavy atom. The van der Waals surface area contributed by atoms with Crippen molar-refractivity contribution in [3.05, 3.63) is 65.4 Å². The Balaban J connectivity index is 1.73. The van der Waals surface area contributed by atoms with Crippen molar-refractivity contribution in [3.8, 4) is 17.3 Å². The number of carboxylic acid groups (broad SMARTS) is 1. The summed E-state index contributed by atoms with van der Waals surface area (Å²) in [6.45, 7) is 1.80. The maximum atomic E-state index is 14.6. The Morgan fingerprint density at radius 3 is 2.64 bits per heavy atom. The second-order valence-corrected chi connectivity index (χ2v) is 7.08. The molecule has 2 aromatic carbocycles. The van der Waals surface area contributed by atoms with E-state index in [-0.39, 0.29) is 36.0 Å². The third-order valence-electron chi connectivity index (χ3n) is 4.93. The van der Waals surface area contributed by atoms with Crippen LogP contribution in [0.2, 0.25) is 0 Å². The van der Waals surface area contributed by atoms with Gasteiger partial charge >= 0.3 is 6.09 Å². The molecule has 2 aromatic heterocycles. The minimum absolute atomic E-state index is 0.0487. The first-order valence-electron chi connectivity index (χ1n) is 10.0. The summed E-state index contributed by atoms with van der Waals surface area (Å²) in [4.78, 5) is 19.2. The van der Waals surface area contributed by atoms with E-state index in [0.717, 1.165) is 12.1 Å². The molecule has 0 aliphatic heterocycles. The van der Waals surface area contributed by atoms with Gasteiger partial charge in [-0.15, -0.1) is 0 Å². The minimum Gasteiger partial charge on any atom is -0.494 e. The summed E-state index contributed by atoms with van der Waals surface area (Å²) >= 11 is 0. The Bertz CT molecular complexity index is 1320. The van der Waals surface area contributed by atoms with Crippen LogP contribution in [0.5, 0.6) is 5.75 Å². The fourth-order valence-corrected chi connectivity index (χ4v) is 3.38. The van der Waals surface area contributed by atoms with E-state index in [1.807, 2.05) is 0 Å². The van der Waals surface area contributed by atoms with E-state index in [2.05, 4.69) is 20.4 Å². The number of fused-ring (bicyclic) bond motifs is 1. The lowest BCUT2D eigenvalue weighted by Crippen LogP contribution is -2.21. The standard InChI is InChI=1S/C22H20F2N6O3/c1-2-33-13-7-16(23)15(17(24)8-13)11-30-18-6-4-3-5-14(18)19(29-30)21-26-9-12(20(25)28-21)10-27-22(31)32/h3-9,27H,2,10-11H2,1H3,(H,31,32)(H2,25,26,28). The molecule has 170 valence electrons. The smallest absolute Gasteiger partial charge is 0.404 e. The third kappa shape index (κ3) is 4.52. The predicted octanol–water partition coefficient (Wildman–Crippen LogP) is 3.57. The molecule has 0 spiro atoms. The Labute approximate surface area is 186 Å². The molecule has 0 bridgehead atoms. The van der Waals surface area contributed by atoms with Gasteiger partial charge in [-0.05, 0) is 13.0 Å². The van der Waals surface area contributed by atoms with Crippen LogP contribution in [0.25, 0.3) is 22.4 Å². The molecule has 4 aromatic rings. The molecule has 9 nitrogen and oxygen atoms in total. The normalized spacial score (nSPS) is 11.0. The predicted molar refractivity (Wildman–Crippen MR) is 117 cm³/mol. The van der Waals surface area contributed by atoms with Crippen molar-refractivity contribution in [1.82, 2.24) is 25.1 Å². The average Bonchev–Trinajstić information content (AvgIpc) is 3.14. The fraction of sp³-hybridized carbons (Fsp3) is 0.182. The zero-order valence-corrected chi connectivity index (χ0v) is 17.5. The van der Waals surface area contributed by atoms with Gasteiger partial charge in [-0.25, -0.2) is 23.5 Å². The summed E-state index contributed by atoms with van der Waals surface area (Å²) in [7, 11) is 0. The van der Waals surface area contributed by atoms with Crippen LogP contribution in [0.15, 0.2) is 42.6 Å². The number of rotatable bonds is 7. The SMILES string of the molecule is CCOc1cc(F)c(Cn2nc(-c3ncc(CNC(=O)O)c(N)n3)c3ccccc32)c(F)c1. The van der Waals surface area contributed by atoms with Gasteiger partial charge in [0.05, 0.1) is 25.2 Å². The maximum absolute atomic E-state index is 14.6. The third-order valence-corrected chi connectivity index (χ3v) is 4.93. The molecule has 0 aliphatic carbocycles. The lowest BCUT2D eigenvalue weighted by atomic mass is 10.1. The van der Waals surface area contributed by atoms with Crippen LogP contribution in [0.4, 0.5) is 19.4 Å². The molecule has 0 radical (unpaired) electrons. The van der Waals surface area contributed by atoms with E-state index >= 15 is 0 Å². The number of ether oxygens (including phenoxy) is 1. The van der Waals surface area contributed by atoms with Crippen LogP contribution in [0.3, 0.4) is 0 Å². The fourth-order valence-electron chi connectivity index (χ4n) is 3.38. The van der Waals surface area contributed by atoms with E-state index in [1.54, 1.807) is 31.2 Å². The summed E-state index contributed by atoms with van der Waals surface area (Å²) in [6, 6.07) is 9.42. The summed E-state index contributed by atoms with van der Waals surface area (Å²) in [5.74, 6) is -1.07. The van der Waals surface area contributed by atoms with Gasteiger partial charge in [0.2, 0.25) is 0 Å². The first-order chi connectivity index (χ1) is 15.9. The van der Waals surface area contributed by atoms with Gasteiger partial charge in [-0.3, -0.25) is 4.68 Å². The summed E-state index contributed by atoms with van der Waals surface area (Å²) < 4.78 is 35.9. The maximum Gasteiger partial charge on any atom is 0.404 e. The van der Waals surface area contributed by atoms with Crippen LogP contribution < -0.4 is 15.8 Å². The molecule has 4 rings (SSSR count). The summed E-state index contributed by atoms with van der Waals surface area (Å²) in [6.07, 6.45) is 0.213. The molecule has 4 N–H and O–H groups in total. The van der Waals surface area contributed by atoms with Crippen LogP contribution in [0.1, 0.15) is 18.1 Å². The van der Waals surface area contributed by atoms with Crippen LogP contribution >= 0.6 is 0 Å². The first kappa shape index (κ1) is 21.9. The molecule has 0 aliphatic rings. The van der Waals surface area contributed by atoms with Crippen LogP contribution in [-0.2, 0) is 13.1 Å². The van der Waals surface area contributed by atoms with Crippen molar-refractivity contribution in [2.24, 2.45) is 0 Å². The number of amides is 1. The zero-order chi connectivity index (χ0) is 23.5. The first-order valence-corrected chi connectivity index (χ1v) is 10.0. The number of carbonyl (C=O) groups is 1. The molecule has 0 saturated heterocycles. The molecule has 1 amide bonds. The molecule has 0 saturated carbocycles. The molecule has 0 unspecified atom stereocenters. The van der Waals surface area contributed by atoms with E-state index < -0.39 is 17.7 Å². The number of hydrogen-bond acceptors (Lipinski definition) is 6. The highest BCUT2D eigenvalue weighted by Crippen LogP contribution is 2.28. The number of hydrogen-bond donors (Lipinski definition) is 3. The van der Waals surface area contributed by atoms with Crippen molar-refractivity contribution >= 4 is 22.8 Å². The number of nitrogens with one attached hydrogen (secondary N) is 1. The van der Waals surface area contributed by atoms with Crippen LogP contribution in [-0.4, -0.2) is 37.6 Å². The van der Waals surface area contributed by atoms with Crippen molar-refractivity contribution in [2.45, 2.75) is 20.0 Å². The van der Waals surface area contributed by atoms with E-state index in [0.29, 0.717) is 28.8 Å². The Kier molecular flexibility index (Phi) is 6.03. The molecular weight excluding hydrogens is 434 g/mol. The number of halogens is 2. The number of para-hydroxylation sites is 1. The Morgan fingerprint density at radius 2 is 1.97 bits per heavy atom. The highest BCUT2D eigenvalue weighted by molar-refractivity contribution is 5.91. The quantitative estimate of drug-likeness (QED) is 0.389. The van der Waals surface area contributed by atoms with E-state index in [9.17, 15) is 13.6 Å². The largest absolute Gasteiger partial charge is 0.494 e. The van der Waals surface area contributed by atoms with Gasteiger partial charge < -0.3 is 20.9 Å². The summed E-state index contributed by atoms with van der Waals surface area (Å²) in [5, 5.41) is 16.1. The monoisotopic (exact) mass is 454 g/mol. The van der Waals surface area contributed by atoms with Gasteiger partial charge in [0.1, 0.15) is 28.9 Å². The number of nitrogens with zero attached hydrogens (tertiary/aromatic N) is 4. The number of nitrogen functional groups attached to an aromatic ring is 1. The minimum atomic E-state index is -1.20. The second-order valence-electron chi connectivity index (χ2n) is 7.08. The number of benzene rings is 2. The van der Waals surface area contributed by atoms with Crippen molar-refractivity contribution in [3.63, 3.8) is 0 Å². The molecule has 2 heterocycles. The lowest BCUT2D eigenvalue weighted by molar-refractivity contribution is 0.194. The van der Waals surface area contributed by atoms with Gasteiger partial charge in [0, 0.05) is 34.8 Å². The molecular formula is C22H20F2N6O3. The second kappa shape index (κ2) is 9.07. The molecule has 0 fully saturated rings. The number of aromatic nitrogens is 4. The number of anilines is 1. The van der Waals surface area contributed by atoms with E-state index in [4.69, 9.17) is 15.6 Å². The van der Waals surface area contributed by atoms with Crippen molar-refractivity contribution in [2.75, 3.05) is 12.3 Å². The summed E-state index contributed by atoms with van der Waals surface area (Å²) in [5.41, 5.74) is 7.22. The topological polar surface area (TPSA) is 128 Å². The van der Waals surface area contributed by atoms with Gasteiger partial charge in [0.25, 0.3) is 0 Å². The average molecular weight is 454 g/mol. The van der Waals surface area contributed by atoms with E-state index in [1.165, 1.54) is 10.9 Å². The van der Waals surface area contributed by atoms with Gasteiger partial charge in [0.15, 0.2) is 5.82 Å². The van der Waals surface area contributed by atoms with Crippen LogP contribution in [0, 0.1) is 11.6 Å². The van der Waals surface area contributed by atoms with Crippen molar-refractivity contribution in [1.29, 1.82) is 0 Å².